The quantitative estimate of drug-likeness (QED) is 0.438. The summed E-state index contributed by atoms with van der Waals surface area (Å²) in [4.78, 5) is 22.9. The highest BCUT2D eigenvalue weighted by Crippen LogP contribution is 2.38. The molecule has 0 aliphatic carbocycles. The molecule has 0 aliphatic rings. The number of carbonyl (C=O) groups is 2. The second kappa shape index (κ2) is 10.9. The Hall–Kier alpha value is -2.97. The molecule has 2 aromatic rings. The highest BCUT2D eigenvalue weighted by atomic mass is 32.2. The first-order chi connectivity index (χ1) is 12.7. The lowest BCUT2D eigenvalue weighted by Gasteiger charge is -2.14. The molecule has 144 valence electrons. The van der Waals surface area contributed by atoms with E-state index in [0.29, 0.717) is 17.0 Å². The van der Waals surface area contributed by atoms with Gasteiger partial charge in [0.25, 0.3) is 0 Å². The number of phenols is 2. The molecular formula is C19H21NO6S. The number of hydrogen-bond donors (Lipinski definition) is 4. The summed E-state index contributed by atoms with van der Waals surface area (Å²) in [7, 11) is 4.04. The van der Waals surface area contributed by atoms with Gasteiger partial charge in [0.15, 0.2) is 0 Å². The van der Waals surface area contributed by atoms with Gasteiger partial charge in [0.1, 0.15) is 11.5 Å². The van der Waals surface area contributed by atoms with E-state index in [1.54, 1.807) is 6.07 Å². The summed E-state index contributed by atoms with van der Waals surface area (Å²) in [5, 5.41) is 34.9. The van der Waals surface area contributed by atoms with Gasteiger partial charge < -0.3 is 25.3 Å². The van der Waals surface area contributed by atoms with Crippen molar-refractivity contribution in [3.8, 4) is 11.5 Å². The van der Waals surface area contributed by atoms with Crippen LogP contribution in [0.25, 0.3) is 0 Å². The molecule has 0 aliphatic heterocycles. The van der Waals surface area contributed by atoms with Gasteiger partial charge in [-0.1, -0.05) is 30.0 Å². The summed E-state index contributed by atoms with van der Waals surface area (Å²) in [6.45, 7) is 0.836. The fraction of sp³-hybridized carbons (Fsp3) is 0.158. The van der Waals surface area contributed by atoms with Gasteiger partial charge in [-0.15, -0.1) is 0 Å². The average molecular weight is 391 g/mol. The normalized spacial score (nSPS) is 10.5. The molecule has 0 saturated carbocycles. The Morgan fingerprint density at radius 1 is 0.963 bits per heavy atom. The number of benzene rings is 2. The van der Waals surface area contributed by atoms with Crippen molar-refractivity contribution in [2.75, 3.05) is 14.1 Å². The van der Waals surface area contributed by atoms with Gasteiger partial charge in [-0.05, 0) is 43.9 Å². The average Bonchev–Trinajstić information content (AvgIpc) is 2.58. The van der Waals surface area contributed by atoms with Gasteiger partial charge in [0.2, 0.25) is 0 Å². The summed E-state index contributed by atoms with van der Waals surface area (Å²) < 4.78 is 0. The molecule has 0 aromatic heterocycles. The molecule has 0 fully saturated rings. The van der Waals surface area contributed by atoms with Crippen LogP contribution in [0, 0.1) is 0 Å². The van der Waals surface area contributed by atoms with Crippen molar-refractivity contribution in [2.24, 2.45) is 0 Å². The lowest BCUT2D eigenvalue weighted by atomic mass is 10.2. The first-order valence-corrected chi connectivity index (χ1v) is 8.57. The largest absolute Gasteiger partial charge is 0.508 e. The van der Waals surface area contributed by atoms with Crippen LogP contribution in [0.1, 0.15) is 5.56 Å². The summed E-state index contributed by atoms with van der Waals surface area (Å²) in [6.07, 6.45) is 1.12. The molecule has 0 radical (unpaired) electrons. The van der Waals surface area contributed by atoms with Gasteiger partial charge in [-0.3, -0.25) is 0 Å². The second-order valence-electron chi connectivity index (χ2n) is 5.61. The minimum atomic E-state index is -1.26. The Labute approximate surface area is 161 Å². The van der Waals surface area contributed by atoms with Crippen LogP contribution in [0.4, 0.5) is 0 Å². The van der Waals surface area contributed by atoms with Crippen LogP contribution in [-0.2, 0) is 16.1 Å². The van der Waals surface area contributed by atoms with Crippen molar-refractivity contribution in [2.45, 2.75) is 16.3 Å². The van der Waals surface area contributed by atoms with Crippen molar-refractivity contribution in [1.29, 1.82) is 0 Å². The number of nitrogens with zero attached hydrogens (tertiary/aromatic N) is 1. The number of phenolic OH excluding ortho intramolecular Hbond substituents is 2. The predicted octanol–water partition coefficient (Wildman–Crippen LogP) is 3.02. The van der Waals surface area contributed by atoms with Gasteiger partial charge in [0.05, 0.1) is 4.90 Å². The minimum absolute atomic E-state index is 0.158. The molecule has 7 nitrogen and oxygen atoms in total. The number of aromatic hydroxyl groups is 2. The SMILES string of the molecule is CN(C)Cc1ccccc1Sc1cc(O)ccc1O.O=C(O)/C=C/C(=O)O. The molecular weight excluding hydrogens is 370 g/mol. The summed E-state index contributed by atoms with van der Waals surface area (Å²) in [5.74, 6) is -2.17. The van der Waals surface area contributed by atoms with E-state index in [1.807, 2.05) is 32.3 Å². The van der Waals surface area contributed by atoms with Crippen molar-refractivity contribution >= 4 is 23.7 Å². The van der Waals surface area contributed by atoms with Crippen LogP contribution in [0.5, 0.6) is 11.5 Å². The van der Waals surface area contributed by atoms with Crippen molar-refractivity contribution in [3.05, 3.63) is 60.2 Å². The summed E-state index contributed by atoms with van der Waals surface area (Å²) in [5.41, 5.74) is 1.19. The topological polar surface area (TPSA) is 118 Å². The molecule has 0 atom stereocenters. The van der Waals surface area contributed by atoms with E-state index < -0.39 is 11.9 Å². The Morgan fingerprint density at radius 2 is 1.56 bits per heavy atom. The van der Waals surface area contributed by atoms with Crippen LogP contribution >= 0.6 is 11.8 Å². The van der Waals surface area contributed by atoms with Crippen molar-refractivity contribution in [1.82, 2.24) is 4.90 Å². The monoisotopic (exact) mass is 391 g/mol. The smallest absolute Gasteiger partial charge is 0.328 e. The fourth-order valence-corrected chi connectivity index (χ4v) is 2.92. The van der Waals surface area contributed by atoms with Gasteiger partial charge >= 0.3 is 11.9 Å². The molecule has 2 rings (SSSR count). The van der Waals surface area contributed by atoms with Crippen LogP contribution in [0.3, 0.4) is 0 Å². The van der Waals surface area contributed by atoms with E-state index >= 15 is 0 Å². The number of hydrogen-bond acceptors (Lipinski definition) is 6. The van der Waals surface area contributed by atoms with Gasteiger partial charge in [0, 0.05) is 23.6 Å². The fourth-order valence-electron chi connectivity index (χ4n) is 1.92. The maximum atomic E-state index is 9.83. The van der Waals surface area contributed by atoms with Crippen molar-refractivity contribution < 1.29 is 30.0 Å². The highest BCUT2D eigenvalue weighted by Gasteiger charge is 2.09. The number of carboxylic acid groups (broad SMARTS) is 2. The maximum absolute atomic E-state index is 9.83. The molecule has 4 N–H and O–H groups in total. The van der Waals surface area contributed by atoms with E-state index in [9.17, 15) is 19.8 Å². The highest BCUT2D eigenvalue weighted by molar-refractivity contribution is 7.99. The Bertz CT molecular complexity index is 804. The van der Waals surface area contributed by atoms with Crippen LogP contribution < -0.4 is 0 Å². The third-order valence-corrected chi connectivity index (χ3v) is 4.16. The maximum Gasteiger partial charge on any atom is 0.328 e. The molecule has 0 bridgehead atoms. The van der Waals surface area contributed by atoms with E-state index in [0.717, 1.165) is 11.4 Å². The van der Waals surface area contributed by atoms with Gasteiger partial charge in [-0.2, -0.15) is 0 Å². The Morgan fingerprint density at radius 3 is 2.11 bits per heavy atom. The summed E-state index contributed by atoms with van der Waals surface area (Å²) >= 11 is 1.46. The number of carboxylic acids is 2. The van der Waals surface area contributed by atoms with Gasteiger partial charge in [-0.25, -0.2) is 9.59 Å². The molecule has 0 unspecified atom stereocenters. The number of rotatable bonds is 6. The zero-order chi connectivity index (χ0) is 20.4. The first-order valence-electron chi connectivity index (χ1n) is 7.75. The second-order valence-corrected chi connectivity index (χ2v) is 6.69. The van der Waals surface area contributed by atoms with E-state index in [4.69, 9.17) is 10.2 Å². The third-order valence-electron chi connectivity index (χ3n) is 2.99. The predicted molar refractivity (Wildman–Crippen MR) is 102 cm³/mol. The van der Waals surface area contributed by atoms with Crippen LogP contribution in [0.15, 0.2) is 64.4 Å². The van der Waals surface area contributed by atoms with E-state index in [-0.39, 0.29) is 11.5 Å². The minimum Gasteiger partial charge on any atom is -0.508 e. The molecule has 0 heterocycles. The zero-order valence-corrected chi connectivity index (χ0v) is 15.7. The standard InChI is InChI=1S/C15H17NO2S.C4H4O4/c1-16(2)10-11-5-3-4-6-14(11)19-15-9-12(17)7-8-13(15)18;5-3(6)1-2-4(7)8/h3-9,17-18H,10H2,1-2H3;1-2H,(H,5,6)(H,7,8)/b;2-1+. The zero-order valence-electron chi connectivity index (χ0n) is 14.9. The lowest BCUT2D eigenvalue weighted by Crippen LogP contribution is -2.11. The lowest BCUT2D eigenvalue weighted by molar-refractivity contribution is -0.134. The Balaban J connectivity index is 0.000000387. The molecule has 8 heteroatoms. The third kappa shape index (κ3) is 8.80. The molecule has 0 amide bonds. The molecule has 0 saturated heterocycles. The number of aliphatic carboxylic acids is 2. The molecule has 0 spiro atoms. The van der Waals surface area contributed by atoms with E-state index in [2.05, 4.69) is 11.0 Å². The first kappa shape index (κ1) is 22.1. The summed E-state index contributed by atoms with van der Waals surface area (Å²) in [6, 6.07) is 12.6. The molecule has 27 heavy (non-hydrogen) atoms. The molecule has 2 aromatic carbocycles. The van der Waals surface area contributed by atoms with E-state index in [1.165, 1.54) is 29.5 Å². The van der Waals surface area contributed by atoms with Crippen LogP contribution in [-0.4, -0.2) is 51.4 Å². The Kier molecular flexibility index (Phi) is 8.91. The van der Waals surface area contributed by atoms with Crippen molar-refractivity contribution in [3.63, 3.8) is 0 Å². The van der Waals surface area contributed by atoms with Crippen LogP contribution in [0.2, 0.25) is 0 Å².